The maximum Gasteiger partial charge on any atom is 0.261 e. The van der Waals surface area contributed by atoms with Crippen LogP contribution in [0.15, 0.2) is 91.0 Å². The van der Waals surface area contributed by atoms with Crippen LogP contribution in [0.2, 0.25) is 0 Å². The molecule has 0 fully saturated rings. The van der Waals surface area contributed by atoms with Crippen LogP contribution in [0.5, 0.6) is 5.75 Å². The first kappa shape index (κ1) is 24.1. The number of carbonyl (C=O) groups excluding carboxylic acids is 2. The molecule has 0 unspecified atom stereocenters. The van der Waals surface area contributed by atoms with E-state index in [-0.39, 0.29) is 18.4 Å². The van der Waals surface area contributed by atoms with Crippen LogP contribution in [-0.2, 0) is 22.6 Å². The van der Waals surface area contributed by atoms with E-state index >= 15 is 0 Å². The fourth-order valence-electron chi connectivity index (χ4n) is 3.58. The van der Waals surface area contributed by atoms with Gasteiger partial charge in [-0.3, -0.25) is 9.59 Å². The van der Waals surface area contributed by atoms with Crippen molar-refractivity contribution in [1.29, 1.82) is 0 Å². The molecule has 5 heteroatoms. The lowest BCUT2D eigenvalue weighted by atomic mass is 10.0. The van der Waals surface area contributed by atoms with Gasteiger partial charge in [0.15, 0.2) is 6.61 Å². The Labute approximate surface area is 196 Å². The third-order valence-corrected chi connectivity index (χ3v) is 5.40. The van der Waals surface area contributed by atoms with Gasteiger partial charge in [0.1, 0.15) is 11.8 Å². The summed E-state index contributed by atoms with van der Waals surface area (Å²) in [6, 6.07) is 28.2. The molecule has 0 spiro atoms. The number of hydrogen-bond donors (Lipinski definition) is 1. The van der Waals surface area contributed by atoms with E-state index in [4.69, 9.17) is 4.74 Å². The molecule has 0 bridgehead atoms. The summed E-state index contributed by atoms with van der Waals surface area (Å²) >= 11 is 0. The maximum absolute atomic E-state index is 13.4. The first-order valence-corrected chi connectivity index (χ1v) is 11.5. The van der Waals surface area contributed by atoms with Crippen molar-refractivity contribution >= 4 is 11.8 Å². The highest BCUT2D eigenvalue weighted by Gasteiger charge is 2.30. The van der Waals surface area contributed by atoms with Gasteiger partial charge in [-0.1, -0.05) is 92.2 Å². The minimum absolute atomic E-state index is 0.135. The van der Waals surface area contributed by atoms with E-state index in [2.05, 4.69) is 12.2 Å². The molecule has 1 atom stereocenters. The number of unbranched alkanes of at least 4 members (excludes halogenated alkanes) is 1. The zero-order chi connectivity index (χ0) is 23.3. The predicted molar refractivity (Wildman–Crippen MR) is 131 cm³/mol. The Balaban J connectivity index is 1.85. The first-order chi connectivity index (χ1) is 16.2. The molecular weight excluding hydrogens is 412 g/mol. The molecule has 0 aliphatic heterocycles. The Kier molecular flexibility index (Phi) is 9.52. The number of para-hydroxylation sites is 1. The monoisotopic (exact) mass is 444 g/mol. The minimum atomic E-state index is -0.642. The van der Waals surface area contributed by atoms with Gasteiger partial charge in [0.2, 0.25) is 5.91 Å². The Bertz CT molecular complexity index is 978. The summed E-state index contributed by atoms with van der Waals surface area (Å²) in [6.07, 6.45) is 2.32. The van der Waals surface area contributed by atoms with Crippen molar-refractivity contribution in [3.8, 4) is 5.75 Å². The number of nitrogens with one attached hydrogen (secondary N) is 1. The van der Waals surface area contributed by atoms with Crippen molar-refractivity contribution in [2.75, 3.05) is 13.2 Å². The lowest BCUT2D eigenvalue weighted by Gasteiger charge is -2.31. The van der Waals surface area contributed by atoms with E-state index in [1.807, 2.05) is 91.0 Å². The lowest BCUT2D eigenvalue weighted by Crippen LogP contribution is -2.51. The van der Waals surface area contributed by atoms with E-state index in [1.165, 1.54) is 0 Å². The lowest BCUT2D eigenvalue weighted by molar-refractivity contribution is -0.142. The Hall–Kier alpha value is -3.60. The van der Waals surface area contributed by atoms with Crippen LogP contribution in [0, 0.1) is 0 Å². The molecular formula is C28H32N2O3. The second-order valence-corrected chi connectivity index (χ2v) is 7.96. The van der Waals surface area contributed by atoms with Crippen LogP contribution < -0.4 is 10.1 Å². The molecule has 33 heavy (non-hydrogen) atoms. The van der Waals surface area contributed by atoms with Crippen LogP contribution in [0.25, 0.3) is 0 Å². The molecule has 0 aromatic heterocycles. The normalized spacial score (nSPS) is 11.4. The molecule has 172 valence electrons. The van der Waals surface area contributed by atoms with E-state index in [0.29, 0.717) is 25.3 Å². The second-order valence-electron chi connectivity index (χ2n) is 7.96. The number of amides is 2. The van der Waals surface area contributed by atoms with Gasteiger partial charge < -0.3 is 15.0 Å². The predicted octanol–water partition coefficient (Wildman–Crippen LogP) is 4.62. The molecule has 0 heterocycles. The van der Waals surface area contributed by atoms with Gasteiger partial charge in [-0.15, -0.1) is 0 Å². The fourth-order valence-corrected chi connectivity index (χ4v) is 3.58. The SMILES string of the molecule is CCCCNC(=O)[C@@H](Cc1ccccc1)N(Cc1ccccc1)C(=O)COc1ccccc1. The fraction of sp³-hybridized carbons (Fsp3) is 0.286. The number of benzene rings is 3. The highest BCUT2D eigenvalue weighted by Crippen LogP contribution is 2.16. The molecule has 3 aromatic rings. The molecule has 3 rings (SSSR count). The smallest absolute Gasteiger partial charge is 0.261 e. The van der Waals surface area contributed by atoms with Crippen molar-refractivity contribution in [1.82, 2.24) is 10.2 Å². The van der Waals surface area contributed by atoms with Crippen LogP contribution in [0.4, 0.5) is 0 Å². The number of ether oxygens (including phenoxy) is 1. The molecule has 5 nitrogen and oxygen atoms in total. The quantitative estimate of drug-likeness (QED) is 0.415. The summed E-state index contributed by atoms with van der Waals surface area (Å²) in [4.78, 5) is 28.3. The van der Waals surface area contributed by atoms with Crippen LogP contribution >= 0.6 is 0 Å². The molecule has 2 amide bonds. The first-order valence-electron chi connectivity index (χ1n) is 11.5. The Morgan fingerprint density at radius 2 is 1.42 bits per heavy atom. The van der Waals surface area contributed by atoms with E-state index in [9.17, 15) is 9.59 Å². The molecule has 1 N–H and O–H groups in total. The zero-order valence-electron chi connectivity index (χ0n) is 19.2. The van der Waals surface area contributed by atoms with E-state index < -0.39 is 6.04 Å². The topological polar surface area (TPSA) is 58.6 Å². The van der Waals surface area contributed by atoms with Crippen molar-refractivity contribution in [2.24, 2.45) is 0 Å². The van der Waals surface area contributed by atoms with Gasteiger partial charge in [0.25, 0.3) is 5.91 Å². The van der Waals surface area contributed by atoms with Crippen LogP contribution in [0.1, 0.15) is 30.9 Å². The highest BCUT2D eigenvalue weighted by atomic mass is 16.5. The molecule has 0 saturated heterocycles. The average molecular weight is 445 g/mol. The summed E-state index contributed by atoms with van der Waals surface area (Å²) in [5.74, 6) is 0.253. The summed E-state index contributed by atoms with van der Waals surface area (Å²) in [7, 11) is 0. The van der Waals surface area contributed by atoms with Crippen molar-refractivity contribution in [3.63, 3.8) is 0 Å². The summed E-state index contributed by atoms with van der Waals surface area (Å²) in [5.41, 5.74) is 1.97. The van der Waals surface area contributed by atoms with Crippen molar-refractivity contribution in [3.05, 3.63) is 102 Å². The van der Waals surface area contributed by atoms with E-state index in [0.717, 1.165) is 24.0 Å². The van der Waals surface area contributed by atoms with Gasteiger partial charge >= 0.3 is 0 Å². The standard InChI is InChI=1S/C28H32N2O3/c1-2-3-19-29-28(32)26(20-23-13-7-4-8-14-23)30(21-24-15-9-5-10-16-24)27(31)22-33-25-17-11-6-12-18-25/h4-18,26H,2-3,19-22H2,1H3,(H,29,32)/t26-/m1/s1. The van der Waals surface area contributed by atoms with Crippen molar-refractivity contribution in [2.45, 2.75) is 38.8 Å². The Morgan fingerprint density at radius 1 is 0.848 bits per heavy atom. The number of carbonyl (C=O) groups is 2. The zero-order valence-corrected chi connectivity index (χ0v) is 19.2. The van der Waals surface area contributed by atoms with Crippen LogP contribution in [-0.4, -0.2) is 35.9 Å². The van der Waals surface area contributed by atoms with Gasteiger partial charge in [0.05, 0.1) is 0 Å². The summed E-state index contributed by atoms with van der Waals surface area (Å²) in [5, 5.41) is 3.03. The number of hydrogen-bond acceptors (Lipinski definition) is 3. The van der Waals surface area contributed by atoms with E-state index in [1.54, 1.807) is 4.90 Å². The largest absolute Gasteiger partial charge is 0.484 e. The minimum Gasteiger partial charge on any atom is -0.484 e. The number of nitrogens with zero attached hydrogens (tertiary/aromatic N) is 1. The van der Waals surface area contributed by atoms with Crippen LogP contribution in [0.3, 0.4) is 0 Å². The molecule has 0 aliphatic carbocycles. The second kappa shape index (κ2) is 13.1. The molecule has 0 radical (unpaired) electrons. The maximum atomic E-state index is 13.4. The third-order valence-electron chi connectivity index (χ3n) is 5.40. The summed E-state index contributed by atoms with van der Waals surface area (Å²) in [6.45, 7) is 2.87. The molecule has 3 aromatic carbocycles. The number of rotatable bonds is 12. The highest BCUT2D eigenvalue weighted by molar-refractivity contribution is 5.88. The summed E-state index contributed by atoms with van der Waals surface area (Å²) < 4.78 is 5.74. The average Bonchev–Trinajstić information content (AvgIpc) is 2.86. The van der Waals surface area contributed by atoms with Gasteiger partial charge in [-0.25, -0.2) is 0 Å². The molecule has 0 saturated carbocycles. The van der Waals surface area contributed by atoms with Crippen molar-refractivity contribution < 1.29 is 14.3 Å². The Morgan fingerprint density at radius 3 is 2.03 bits per heavy atom. The third kappa shape index (κ3) is 7.79. The molecule has 0 aliphatic rings. The van der Waals surface area contributed by atoms with Gasteiger partial charge in [0, 0.05) is 19.5 Å². The van der Waals surface area contributed by atoms with Gasteiger partial charge in [-0.2, -0.15) is 0 Å². The van der Waals surface area contributed by atoms with Gasteiger partial charge in [-0.05, 0) is 29.7 Å².